The molecule has 12 heteroatoms. The van der Waals surface area contributed by atoms with Crippen LogP contribution in [0.5, 0.6) is 11.5 Å². The van der Waals surface area contributed by atoms with E-state index < -0.39 is 34.1 Å². The van der Waals surface area contributed by atoms with Crippen LogP contribution in [0, 0.1) is 5.92 Å². The van der Waals surface area contributed by atoms with Crippen LogP contribution in [0.3, 0.4) is 0 Å². The molecule has 4 rings (SSSR count). The van der Waals surface area contributed by atoms with E-state index in [9.17, 15) is 23.1 Å². The van der Waals surface area contributed by atoms with Crippen molar-refractivity contribution in [1.82, 2.24) is 20.3 Å². The molecule has 2 aliphatic heterocycles. The molecule has 0 unspecified atom stereocenters. The zero-order chi connectivity index (χ0) is 30.3. The number of carbonyl (C=O) groups excluding carboxylic acids is 2. The maximum Gasteiger partial charge on any atom is 0.243 e. The van der Waals surface area contributed by atoms with Gasteiger partial charge in [-0.15, -0.1) is 0 Å². The number of hydrogen-bond donors (Lipinski definition) is 4. The summed E-state index contributed by atoms with van der Waals surface area (Å²) in [5, 5.41) is 20.2. The number of carbonyl (C=O) groups is 2. The van der Waals surface area contributed by atoms with E-state index in [0.29, 0.717) is 31.1 Å². The molecule has 11 nitrogen and oxygen atoms in total. The fourth-order valence-electron chi connectivity index (χ4n) is 5.09. The minimum Gasteiger partial charge on any atom is -0.486 e. The first-order chi connectivity index (χ1) is 20.0. The molecule has 2 aliphatic rings. The number of benzene rings is 2. The summed E-state index contributed by atoms with van der Waals surface area (Å²) in [6.07, 6.45) is 0.614. The lowest BCUT2D eigenvalue weighted by Crippen LogP contribution is -2.56. The highest BCUT2D eigenvalue weighted by Gasteiger charge is 2.33. The Balaban J connectivity index is 1.53. The highest BCUT2D eigenvalue weighted by Crippen LogP contribution is 2.33. The van der Waals surface area contributed by atoms with Crippen LogP contribution in [-0.4, -0.2) is 86.7 Å². The van der Waals surface area contributed by atoms with E-state index in [-0.39, 0.29) is 42.3 Å². The van der Waals surface area contributed by atoms with Gasteiger partial charge >= 0.3 is 0 Å². The molecule has 1 fully saturated rings. The van der Waals surface area contributed by atoms with E-state index in [4.69, 9.17) is 9.47 Å². The topological polar surface area (TPSA) is 146 Å². The van der Waals surface area contributed by atoms with Gasteiger partial charge in [0.05, 0.1) is 23.1 Å². The SMILES string of the molecule is CC(C)CN(C[C@@H](O)[C@H](Cc1ccccc1)NC(=O)[C@H](C)NC(=O)[C@@H]1CCCN1)S(=O)(=O)c1ccc2c(c1)OCCO2. The number of hydrogen-bond acceptors (Lipinski definition) is 8. The van der Waals surface area contributed by atoms with Crippen molar-refractivity contribution in [3.63, 3.8) is 0 Å². The fourth-order valence-corrected chi connectivity index (χ4v) is 6.73. The molecule has 4 atom stereocenters. The van der Waals surface area contributed by atoms with Crippen molar-refractivity contribution in [2.45, 2.75) is 69.2 Å². The first-order valence-electron chi connectivity index (χ1n) is 14.5. The summed E-state index contributed by atoms with van der Waals surface area (Å²) in [5.74, 6) is 0.0813. The van der Waals surface area contributed by atoms with Crippen molar-refractivity contribution in [1.29, 1.82) is 0 Å². The highest BCUT2D eigenvalue weighted by molar-refractivity contribution is 7.89. The minimum absolute atomic E-state index is 0.0279. The molecule has 4 N–H and O–H groups in total. The zero-order valence-electron chi connectivity index (χ0n) is 24.4. The van der Waals surface area contributed by atoms with Gasteiger partial charge in [-0.1, -0.05) is 44.2 Å². The lowest BCUT2D eigenvalue weighted by molar-refractivity contribution is -0.130. The second kappa shape index (κ2) is 14.3. The smallest absolute Gasteiger partial charge is 0.243 e. The van der Waals surface area contributed by atoms with Crippen LogP contribution in [-0.2, 0) is 26.0 Å². The molecule has 0 aromatic heterocycles. The molecule has 2 heterocycles. The number of fused-ring (bicyclic) bond motifs is 1. The van der Waals surface area contributed by atoms with Gasteiger partial charge in [0.2, 0.25) is 21.8 Å². The van der Waals surface area contributed by atoms with Crippen LogP contribution in [0.15, 0.2) is 53.4 Å². The molecule has 0 spiro atoms. The summed E-state index contributed by atoms with van der Waals surface area (Å²) >= 11 is 0. The Morgan fingerprint density at radius 3 is 2.40 bits per heavy atom. The molecule has 2 aromatic rings. The van der Waals surface area contributed by atoms with Crippen LogP contribution < -0.4 is 25.4 Å². The molecular weight excluding hydrogens is 560 g/mol. The fraction of sp³-hybridized carbons (Fsp3) is 0.533. The maximum absolute atomic E-state index is 13.8. The number of sulfonamides is 1. The van der Waals surface area contributed by atoms with Crippen molar-refractivity contribution in [2.75, 3.05) is 32.8 Å². The second-order valence-corrected chi connectivity index (χ2v) is 13.2. The largest absolute Gasteiger partial charge is 0.486 e. The summed E-state index contributed by atoms with van der Waals surface area (Å²) in [6.45, 7) is 6.75. The molecular formula is C30H42N4O7S. The van der Waals surface area contributed by atoms with Crippen LogP contribution in [0.4, 0.5) is 0 Å². The van der Waals surface area contributed by atoms with E-state index in [1.165, 1.54) is 16.4 Å². The van der Waals surface area contributed by atoms with E-state index in [1.807, 2.05) is 44.2 Å². The molecule has 0 radical (unpaired) electrons. The number of aliphatic hydroxyl groups excluding tert-OH is 1. The second-order valence-electron chi connectivity index (χ2n) is 11.3. The molecule has 0 saturated carbocycles. The van der Waals surface area contributed by atoms with Gasteiger partial charge in [0.25, 0.3) is 0 Å². The third-order valence-corrected chi connectivity index (χ3v) is 9.16. The lowest BCUT2D eigenvalue weighted by Gasteiger charge is -2.31. The Kier molecular flexibility index (Phi) is 10.8. The Morgan fingerprint density at radius 1 is 1.02 bits per heavy atom. The average molecular weight is 603 g/mol. The van der Waals surface area contributed by atoms with Crippen molar-refractivity contribution in [3.05, 3.63) is 54.1 Å². The van der Waals surface area contributed by atoms with Crippen LogP contribution >= 0.6 is 0 Å². The van der Waals surface area contributed by atoms with Gasteiger partial charge in [0, 0.05) is 19.2 Å². The Morgan fingerprint density at radius 2 is 1.74 bits per heavy atom. The third kappa shape index (κ3) is 8.21. The third-order valence-electron chi connectivity index (χ3n) is 7.33. The summed E-state index contributed by atoms with van der Waals surface area (Å²) in [4.78, 5) is 25.8. The van der Waals surface area contributed by atoms with Gasteiger partial charge in [0.15, 0.2) is 11.5 Å². The standard InChI is InChI=1S/C30H42N4O7S/c1-20(2)18-34(42(38,39)23-11-12-27-28(17-23)41-15-14-40-27)19-26(35)25(16-22-8-5-4-6-9-22)33-29(36)21(3)32-30(37)24-10-7-13-31-24/h4-6,8-9,11-12,17,20-21,24-26,31,35H,7,10,13-16,18-19H2,1-3H3,(H,32,37)(H,33,36)/t21-,24-,25-,26+/m0/s1. The highest BCUT2D eigenvalue weighted by atomic mass is 32.2. The molecule has 2 aromatic carbocycles. The molecule has 230 valence electrons. The average Bonchev–Trinajstić information content (AvgIpc) is 3.52. The molecule has 42 heavy (non-hydrogen) atoms. The van der Waals surface area contributed by atoms with E-state index >= 15 is 0 Å². The number of ether oxygens (including phenoxy) is 2. The van der Waals surface area contributed by atoms with E-state index in [2.05, 4.69) is 16.0 Å². The molecule has 0 aliphatic carbocycles. The first-order valence-corrected chi connectivity index (χ1v) is 15.9. The zero-order valence-corrected chi connectivity index (χ0v) is 25.2. The normalized spacial score (nSPS) is 18.9. The summed E-state index contributed by atoms with van der Waals surface area (Å²) < 4.78 is 40.0. The summed E-state index contributed by atoms with van der Waals surface area (Å²) in [7, 11) is -4.04. The first kappa shape index (κ1) is 31.7. The molecule has 0 bridgehead atoms. The van der Waals surface area contributed by atoms with Crippen LogP contribution in [0.25, 0.3) is 0 Å². The van der Waals surface area contributed by atoms with E-state index in [0.717, 1.165) is 18.5 Å². The van der Waals surface area contributed by atoms with Crippen molar-refractivity contribution < 1.29 is 32.6 Å². The minimum atomic E-state index is -4.04. The quantitative estimate of drug-likeness (QED) is 0.270. The summed E-state index contributed by atoms with van der Waals surface area (Å²) in [5.41, 5.74) is 0.860. The Bertz CT molecular complexity index is 1320. The summed E-state index contributed by atoms with van der Waals surface area (Å²) in [6, 6.07) is 11.8. The van der Waals surface area contributed by atoms with Gasteiger partial charge < -0.3 is 30.5 Å². The van der Waals surface area contributed by atoms with Crippen molar-refractivity contribution in [2.24, 2.45) is 5.92 Å². The van der Waals surface area contributed by atoms with Gasteiger partial charge in [0.1, 0.15) is 19.3 Å². The van der Waals surface area contributed by atoms with Gasteiger partial charge in [-0.2, -0.15) is 4.31 Å². The number of nitrogens with one attached hydrogen (secondary N) is 3. The molecule has 2 amide bonds. The van der Waals surface area contributed by atoms with Crippen LogP contribution in [0.2, 0.25) is 0 Å². The van der Waals surface area contributed by atoms with E-state index in [1.54, 1.807) is 13.0 Å². The van der Waals surface area contributed by atoms with Gasteiger partial charge in [-0.25, -0.2) is 8.42 Å². The Hall–Kier alpha value is -3.19. The monoisotopic (exact) mass is 602 g/mol. The van der Waals surface area contributed by atoms with Crippen LogP contribution in [0.1, 0.15) is 39.2 Å². The lowest BCUT2D eigenvalue weighted by atomic mass is 10.0. The number of nitrogens with zero attached hydrogens (tertiary/aromatic N) is 1. The number of amides is 2. The van der Waals surface area contributed by atoms with Gasteiger partial charge in [-0.3, -0.25) is 9.59 Å². The predicted octanol–water partition coefficient (Wildman–Crippen LogP) is 1.45. The van der Waals surface area contributed by atoms with Crippen molar-refractivity contribution in [3.8, 4) is 11.5 Å². The number of aliphatic hydroxyl groups is 1. The molecule has 1 saturated heterocycles. The van der Waals surface area contributed by atoms with Gasteiger partial charge in [-0.05, 0) is 56.3 Å². The Labute approximate surface area is 248 Å². The maximum atomic E-state index is 13.8. The van der Waals surface area contributed by atoms with Crippen molar-refractivity contribution >= 4 is 21.8 Å². The number of rotatable bonds is 13. The predicted molar refractivity (Wildman–Crippen MR) is 158 cm³/mol.